The lowest BCUT2D eigenvalue weighted by Gasteiger charge is -2.10. The van der Waals surface area contributed by atoms with Crippen LogP contribution in [0.15, 0.2) is 162 Å². The van der Waals surface area contributed by atoms with Crippen molar-refractivity contribution < 1.29 is 11.3 Å². The first-order chi connectivity index (χ1) is 27.4. The molecule has 0 radical (unpaired) electrons. The van der Waals surface area contributed by atoms with Crippen LogP contribution in [0, 0.1) is 0 Å². The van der Waals surface area contributed by atoms with Crippen LogP contribution in [-0.4, -0.2) is 19.5 Å². The lowest BCUT2D eigenvalue weighted by Crippen LogP contribution is -2.00. The fraction of sp³-hybridized carbons (Fsp3) is 0. The molecule has 11 rings (SSSR count). The summed E-state index contributed by atoms with van der Waals surface area (Å²) >= 11 is 1.81. The van der Waals surface area contributed by atoms with Gasteiger partial charge in [0.25, 0.3) is 0 Å². The summed E-state index contributed by atoms with van der Waals surface area (Å²) in [6.07, 6.45) is 0. The van der Waals surface area contributed by atoms with E-state index in [1.54, 1.807) is 0 Å². The van der Waals surface area contributed by atoms with Gasteiger partial charge in [-0.3, -0.25) is 0 Å². The predicted octanol–water partition coefficient (Wildman–Crippen LogP) is 12.2. The van der Waals surface area contributed by atoms with Crippen LogP contribution in [0.25, 0.3) is 104 Å². The van der Waals surface area contributed by atoms with Crippen LogP contribution in [0.1, 0.15) is 6.85 Å². The van der Waals surface area contributed by atoms with Crippen LogP contribution in [0.4, 0.5) is 0 Å². The average Bonchev–Trinajstić information content (AvgIpc) is 3.92. The molecule has 0 atom stereocenters. The van der Waals surface area contributed by atoms with Gasteiger partial charge in [0.15, 0.2) is 17.5 Å². The van der Waals surface area contributed by atoms with Crippen LogP contribution in [0.3, 0.4) is 0 Å². The highest BCUT2D eigenvalue weighted by Gasteiger charge is 2.21. The first-order valence-corrected chi connectivity index (χ1v) is 17.4. The normalized spacial score (nSPS) is 13.3. The van der Waals surface area contributed by atoms with Gasteiger partial charge in [0, 0.05) is 48.3 Å². The van der Waals surface area contributed by atoms with Crippen molar-refractivity contribution >= 4 is 75.3 Å². The number of rotatable bonds is 4. The molecule has 11 aromatic rings. The molecule has 0 aliphatic carbocycles. The van der Waals surface area contributed by atoms with Crippen molar-refractivity contribution in [3.05, 3.63) is 158 Å². The lowest BCUT2D eigenvalue weighted by molar-refractivity contribution is 0.669. The molecule has 0 saturated heterocycles. The molecule has 6 heteroatoms. The Bertz CT molecular complexity index is 3420. The second-order valence-electron chi connectivity index (χ2n) is 12.4. The van der Waals surface area contributed by atoms with Crippen molar-refractivity contribution in [2.45, 2.75) is 0 Å². The van der Waals surface area contributed by atoms with Crippen LogP contribution in [0.5, 0.6) is 0 Å². The zero-order valence-corrected chi connectivity index (χ0v) is 27.5. The molecule has 0 aliphatic rings. The van der Waals surface area contributed by atoms with E-state index in [4.69, 9.17) is 21.2 Å². The number of nitrogens with zero attached hydrogens (tertiary/aromatic N) is 4. The standard InChI is InChI=1S/C45H26N4OS/c1-3-12-27(13-4-1)43-46-44(28-14-5-2-6-15-28)48-45(47-43)29-22-23-34-38(26-29)50-37-20-11-19-36(40(34)37)49-35-18-9-7-16-30(35)32-24-25-33-31-17-8-10-21-39(31)51-42(33)41(32)49/h1-26H/i1D,3D,4D,12D,13D. The third-order valence-corrected chi connectivity index (χ3v) is 10.7. The zero-order chi connectivity index (χ0) is 37.8. The van der Waals surface area contributed by atoms with Gasteiger partial charge in [-0.05, 0) is 36.4 Å². The summed E-state index contributed by atoms with van der Waals surface area (Å²) in [5, 5.41) is 6.71. The number of hydrogen-bond donors (Lipinski definition) is 0. The molecule has 0 saturated carbocycles. The fourth-order valence-electron chi connectivity index (χ4n) is 7.31. The van der Waals surface area contributed by atoms with E-state index in [-0.39, 0.29) is 29.3 Å². The van der Waals surface area contributed by atoms with E-state index in [1.807, 2.05) is 72.0 Å². The third kappa shape index (κ3) is 4.30. The minimum absolute atomic E-state index is 0.0169. The van der Waals surface area contributed by atoms with Crippen LogP contribution in [0.2, 0.25) is 0 Å². The highest BCUT2D eigenvalue weighted by Crippen LogP contribution is 2.45. The Balaban J connectivity index is 1.15. The quantitative estimate of drug-likeness (QED) is 0.186. The maximum absolute atomic E-state index is 8.66. The fourth-order valence-corrected chi connectivity index (χ4v) is 8.55. The Hall–Kier alpha value is -6.63. The number of fused-ring (bicyclic) bond motifs is 10. The van der Waals surface area contributed by atoms with Crippen molar-refractivity contribution in [2.24, 2.45) is 0 Å². The number of furan rings is 1. The molecule has 238 valence electrons. The van der Waals surface area contributed by atoms with Gasteiger partial charge in [0.1, 0.15) is 11.2 Å². The summed E-state index contributed by atoms with van der Waals surface area (Å²) < 4.78 is 53.5. The van der Waals surface area contributed by atoms with Crippen molar-refractivity contribution in [2.75, 3.05) is 0 Å². The Morgan fingerprint density at radius 1 is 0.529 bits per heavy atom. The van der Waals surface area contributed by atoms with Gasteiger partial charge in [-0.1, -0.05) is 121 Å². The second kappa shape index (κ2) is 10.9. The molecular weight excluding hydrogens is 645 g/mol. The van der Waals surface area contributed by atoms with Gasteiger partial charge in [0.05, 0.1) is 33.7 Å². The molecule has 4 heterocycles. The molecule has 0 N–H and O–H groups in total. The number of hydrogen-bond acceptors (Lipinski definition) is 5. The SMILES string of the molecule is [2H]c1c([2H])c([2H])c(-c2nc(-c3ccccc3)nc(-c3ccc4c(c3)oc3cccc(-n5c6ccccc6c6ccc7c8ccccc8sc7c65)c34)n2)c([2H])c1[2H]. The average molecular weight is 676 g/mol. The third-order valence-electron chi connectivity index (χ3n) is 9.54. The Kier molecular flexibility index (Phi) is 5.08. The van der Waals surface area contributed by atoms with Gasteiger partial charge < -0.3 is 8.98 Å². The first kappa shape index (κ1) is 23.7. The molecule has 4 aromatic heterocycles. The maximum atomic E-state index is 8.66. The first-order valence-electron chi connectivity index (χ1n) is 19.0. The molecule has 0 amide bonds. The Morgan fingerprint density at radius 3 is 2.10 bits per heavy atom. The van der Waals surface area contributed by atoms with Crippen LogP contribution < -0.4 is 0 Å². The second-order valence-corrected chi connectivity index (χ2v) is 13.5. The number of thiophene rings is 1. The minimum atomic E-state index is -0.481. The van der Waals surface area contributed by atoms with Crippen molar-refractivity contribution in [1.29, 1.82) is 0 Å². The van der Waals surface area contributed by atoms with Gasteiger partial charge in [-0.25, -0.2) is 15.0 Å². The molecule has 0 spiro atoms. The molecule has 51 heavy (non-hydrogen) atoms. The highest BCUT2D eigenvalue weighted by atomic mass is 32.1. The molecule has 0 unspecified atom stereocenters. The van der Waals surface area contributed by atoms with E-state index in [0.717, 1.165) is 33.1 Å². The lowest BCUT2D eigenvalue weighted by atomic mass is 10.1. The highest BCUT2D eigenvalue weighted by molar-refractivity contribution is 7.26. The molecule has 0 fully saturated rings. The summed E-state index contributed by atoms with van der Waals surface area (Å²) in [5.74, 6) is 0.567. The summed E-state index contributed by atoms with van der Waals surface area (Å²) in [5.41, 5.74) is 5.83. The molecule has 0 bridgehead atoms. The van der Waals surface area contributed by atoms with Gasteiger partial charge in [-0.15, -0.1) is 11.3 Å². The zero-order valence-electron chi connectivity index (χ0n) is 31.7. The van der Waals surface area contributed by atoms with Crippen molar-refractivity contribution in [1.82, 2.24) is 19.5 Å². The topological polar surface area (TPSA) is 56.7 Å². The smallest absolute Gasteiger partial charge is 0.164 e. The van der Waals surface area contributed by atoms with Crippen molar-refractivity contribution in [3.8, 4) is 39.9 Å². The van der Waals surface area contributed by atoms with Crippen LogP contribution in [-0.2, 0) is 0 Å². The largest absolute Gasteiger partial charge is 0.456 e. The summed E-state index contributed by atoms with van der Waals surface area (Å²) in [4.78, 5) is 14.2. The summed E-state index contributed by atoms with van der Waals surface area (Å²) in [6, 6.07) is 40.7. The molecule has 7 aromatic carbocycles. The monoisotopic (exact) mass is 675 g/mol. The van der Waals surface area contributed by atoms with Gasteiger partial charge in [0.2, 0.25) is 0 Å². The Labute approximate surface area is 302 Å². The summed E-state index contributed by atoms with van der Waals surface area (Å²) in [7, 11) is 0. The van der Waals surface area contributed by atoms with E-state index >= 15 is 0 Å². The van der Waals surface area contributed by atoms with E-state index in [0.29, 0.717) is 22.5 Å². The number of aromatic nitrogens is 4. The number of benzene rings is 7. The van der Waals surface area contributed by atoms with E-state index in [2.05, 4.69) is 76.3 Å². The van der Waals surface area contributed by atoms with Crippen LogP contribution >= 0.6 is 11.3 Å². The van der Waals surface area contributed by atoms with E-state index in [9.17, 15) is 0 Å². The Morgan fingerprint density at radius 2 is 1.24 bits per heavy atom. The molecule has 5 nitrogen and oxygen atoms in total. The van der Waals surface area contributed by atoms with E-state index < -0.39 is 18.1 Å². The molecule has 0 aliphatic heterocycles. The summed E-state index contributed by atoms with van der Waals surface area (Å²) in [6.45, 7) is 0. The van der Waals surface area contributed by atoms with E-state index in [1.165, 1.54) is 30.9 Å². The number of para-hydroxylation sites is 1. The van der Waals surface area contributed by atoms with Gasteiger partial charge in [-0.2, -0.15) is 0 Å². The maximum Gasteiger partial charge on any atom is 0.164 e. The predicted molar refractivity (Wildman–Crippen MR) is 211 cm³/mol. The van der Waals surface area contributed by atoms with Gasteiger partial charge >= 0.3 is 0 Å². The molecular formula is C45H26N4OS. The van der Waals surface area contributed by atoms with Crippen molar-refractivity contribution in [3.63, 3.8) is 0 Å². The minimum Gasteiger partial charge on any atom is -0.456 e.